The Hall–Kier alpha value is -6.55. The molecule has 2 aromatic carbocycles. The van der Waals surface area contributed by atoms with Crippen molar-refractivity contribution in [1.29, 1.82) is 0 Å². The molecule has 7 amide bonds. The molecule has 6 atom stereocenters. The quantitative estimate of drug-likeness (QED) is 0.0175. The maximum atomic E-state index is 14.6. The Morgan fingerprint density at radius 2 is 1.24 bits per heavy atom. The Bertz CT molecular complexity index is 2340. The zero-order chi connectivity index (χ0) is 49.0. The number of para-hydroxylation sites is 1. The van der Waals surface area contributed by atoms with E-state index in [2.05, 4.69) is 77.1 Å². The number of nitrogens with one attached hydrogen (secondary N) is 8. The number of hydrogen-bond donors (Lipinski definition) is 13. The van der Waals surface area contributed by atoms with Gasteiger partial charge < -0.3 is 59.1 Å². The highest BCUT2D eigenvalue weighted by molar-refractivity contribution is 7.80. The molecule has 22 heteroatoms. The van der Waals surface area contributed by atoms with Crippen LogP contribution in [0.4, 0.5) is 0 Å². The minimum absolute atomic E-state index is 0.0139. The molecule has 1 aliphatic carbocycles. The highest BCUT2D eigenvalue weighted by Gasteiger charge is 2.34. The van der Waals surface area contributed by atoms with Gasteiger partial charge in [-0.1, -0.05) is 67.8 Å². The second kappa shape index (κ2) is 26.7. The summed E-state index contributed by atoms with van der Waals surface area (Å²) >= 11 is 8.49. The monoisotopic (exact) mass is 973 g/mol. The number of carbonyl (C=O) groups excluding carboxylic acids is 7. The molecule has 5 rings (SSSR count). The number of nitrogens with zero attached hydrogens (tertiary/aromatic N) is 2. The van der Waals surface area contributed by atoms with Gasteiger partial charge in [0.15, 0.2) is 5.96 Å². The number of imidazole rings is 1. The van der Waals surface area contributed by atoms with Gasteiger partial charge in [0, 0.05) is 66.5 Å². The molecule has 366 valence electrons. The van der Waals surface area contributed by atoms with Crippen molar-refractivity contribution in [3.8, 4) is 0 Å². The molecule has 0 unspecified atom stereocenters. The highest BCUT2D eigenvalue weighted by Crippen LogP contribution is 2.24. The Balaban J connectivity index is 1.41. The third-order valence-corrected chi connectivity index (χ3v) is 12.3. The normalized spacial score (nSPS) is 15.3. The van der Waals surface area contributed by atoms with Crippen molar-refractivity contribution in [2.75, 3.05) is 18.1 Å². The van der Waals surface area contributed by atoms with Crippen molar-refractivity contribution in [2.45, 2.75) is 107 Å². The molecule has 0 bridgehead atoms. The van der Waals surface area contributed by atoms with Crippen LogP contribution in [0.3, 0.4) is 0 Å². The van der Waals surface area contributed by atoms with E-state index in [-0.39, 0.29) is 74.4 Å². The lowest BCUT2D eigenvalue weighted by atomic mass is 9.88. The van der Waals surface area contributed by atoms with Crippen molar-refractivity contribution in [3.05, 3.63) is 90.1 Å². The molecule has 20 nitrogen and oxygen atoms in total. The molecule has 0 spiro atoms. The van der Waals surface area contributed by atoms with Crippen LogP contribution in [0.1, 0.15) is 68.2 Å². The fourth-order valence-electron chi connectivity index (χ4n) is 8.01. The Kier molecular flexibility index (Phi) is 20.6. The summed E-state index contributed by atoms with van der Waals surface area (Å²) < 4.78 is 0. The smallest absolute Gasteiger partial charge is 0.243 e. The summed E-state index contributed by atoms with van der Waals surface area (Å²) in [7, 11) is 0. The summed E-state index contributed by atoms with van der Waals surface area (Å²) in [6.07, 6.45) is 9.27. The number of fused-ring (bicyclic) bond motifs is 1. The van der Waals surface area contributed by atoms with Crippen LogP contribution < -0.4 is 49.1 Å². The number of aromatic amines is 2. The minimum atomic E-state index is -1.31. The van der Waals surface area contributed by atoms with Crippen LogP contribution in [0.25, 0.3) is 10.9 Å². The van der Waals surface area contributed by atoms with E-state index in [0.29, 0.717) is 16.8 Å². The van der Waals surface area contributed by atoms with Crippen molar-refractivity contribution < 1.29 is 33.6 Å². The van der Waals surface area contributed by atoms with Gasteiger partial charge in [0.1, 0.15) is 36.3 Å². The predicted molar refractivity (Wildman–Crippen MR) is 264 cm³/mol. The SMILES string of the molecule is NC(=O)[C@H](CS)NC(=O)[C@H](Cc1c[nH]c2ccccc12)NC(=O)[C@H](CCCN=C(N)N)NC(=O)[C@@H](Cc1ccccc1)NC(=O)[C@H](Cc1cnc[nH]1)NC(=O)[C@H](CCS)NC(=O)C1CCCCC1. The number of carbonyl (C=O) groups is 7. The number of rotatable bonds is 26. The van der Waals surface area contributed by atoms with Crippen LogP contribution in [-0.4, -0.2) is 117 Å². The molecule has 1 fully saturated rings. The van der Waals surface area contributed by atoms with Gasteiger partial charge in [-0.2, -0.15) is 25.3 Å². The zero-order valence-corrected chi connectivity index (χ0v) is 39.5. The number of benzene rings is 2. The lowest BCUT2D eigenvalue weighted by molar-refractivity contribution is -0.135. The Morgan fingerprint density at radius 1 is 0.662 bits per heavy atom. The average molecular weight is 974 g/mol. The fraction of sp³-hybridized carbons (Fsp3) is 0.457. The van der Waals surface area contributed by atoms with Crippen LogP contribution in [0.2, 0.25) is 0 Å². The number of hydrogen-bond acceptors (Lipinski definition) is 11. The van der Waals surface area contributed by atoms with Gasteiger partial charge in [0.2, 0.25) is 41.4 Å². The summed E-state index contributed by atoms with van der Waals surface area (Å²) in [6, 6.07) is 8.97. The largest absolute Gasteiger partial charge is 0.370 e. The van der Waals surface area contributed by atoms with E-state index in [1.165, 1.54) is 12.5 Å². The van der Waals surface area contributed by atoms with Gasteiger partial charge in [-0.25, -0.2) is 4.98 Å². The number of aliphatic imine (C=N–C) groups is 1. The van der Waals surface area contributed by atoms with E-state index in [0.717, 1.165) is 43.0 Å². The van der Waals surface area contributed by atoms with Crippen LogP contribution >= 0.6 is 25.3 Å². The molecule has 4 aromatic rings. The Labute approximate surface area is 405 Å². The maximum Gasteiger partial charge on any atom is 0.243 e. The third kappa shape index (κ3) is 16.1. The lowest BCUT2D eigenvalue weighted by Crippen LogP contribution is -2.60. The first-order valence-corrected chi connectivity index (χ1v) is 24.0. The fourth-order valence-corrected chi connectivity index (χ4v) is 8.54. The number of amides is 7. The number of thiol groups is 2. The average Bonchev–Trinajstić information content (AvgIpc) is 4.01. The van der Waals surface area contributed by atoms with Gasteiger partial charge in [-0.05, 0) is 55.1 Å². The number of H-pyrrole nitrogens is 2. The van der Waals surface area contributed by atoms with Crippen molar-refractivity contribution in [3.63, 3.8) is 0 Å². The van der Waals surface area contributed by atoms with Gasteiger partial charge in [-0.3, -0.25) is 38.6 Å². The van der Waals surface area contributed by atoms with E-state index in [4.69, 9.17) is 17.2 Å². The van der Waals surface area contributed by atoms with E-state index in [1.54, 1.807) is 36.5 Å². The molecule has 14 N–H and O–H groups in total. The summed E-state index contributed by atoms with van der Waals surface area (Å²) in [5.74, 6) is -4.85. The second-order valence-electron chi connectivity index (χ2n) is 16.8. The summed E-state index contributed by atoms with van der Waals surface area (Å²) in [5.41, 5.74) is 19.3. The van der Waals surface area contributed by atoms with E-state index in [9.17, 15) is 33.6 Å². The second-order valence-corrected chi connectivity index (χ2v) is 17.6. The topological polar surface area (TPSA) is 327 Å². The third-order valence-electron chi connectivity index (χ3n) is 11.7. The summed E-state index contributed by atoms with van der Waals surface area (Å²) in [4.78, 5) is 111. The van der Waals surface area contributed by atoms with Crippen LogP contribution in [-0.2, 0) is 52.8 Å². The minimum Gasteiger partial charge on any atom is -0.370 e. The number of guanidine groups is 1. The predicted octanol–water partition coefficient (Wildman–Crippen LogP) is 0.197. The van der Waals surface area contributed by atoms with Crippen molar-refractivity contribution in [1.82, 2.24) is 46.9 Å². The van der Waals surface area contributed by atoms with Gasteiger partial charge in [0.05, 0.1) is 6.33 Å². The molecule has 1 aliphatic rings. The first kappa shape index (κ1) is 52.4. The molecular weight excluding hydrogens is 911 g/mol. The molecule has 68 heavy (non-hydrogen) atoms. The van der Waals surface area contributed by atoms with Crippen LogP contribution in [0.5, 0.6) is 0 Å². The molecule has 1 saturated carbocycles. The molecular formula is C46H63N13O7S2. The lowest BCUT2D eigenvalue weighted by Gasteiger charge is -2.28. The van der Waals surface area contributed by atoms with Crippen LogP contribution in [0, 0.1) is 5.92 Å². The van der Waals surface area contributed by atoms with Crippen LogP contribution in [0.15, 0.2) is 78.3 Å². The standard InChI is InChI=1S/C46H63N13O7S2/c47-39(60)38(25-68)59-44(65)36(21-29-23-52-32-15-8-7-14-31(29)32)57-41(62)33(16-9-18-51-46(48)49)55-43(64)35(20-27-10-3-1-4-11-27)56-45(66)37(22-30-24-50-26-53-30)58-42(63)34(17-19-67)54-40(61)28-12-5-2-6-13-28/h1,3-4,7-8,10-11,14-15,23-24,26,28,33-38,52,67-68H,2,5-6,9,12-13,16-22,25H2,(H2,47,60)(H,50,53)(H,54,61)(H,55,64)(H,56,66)(H,57,62)(H,58,63)(H,59,65)(H4,48,49,51)/t33-,34-,35+,36-,37-,38-/m0/s1. The molecule has 2 aromatic heterocycles. The van der Waals surface area contributed by atoms with E-state index in [1.807, 2.05) is 24.3 Å². The van der Waals surface area contributed by atoms with Crippen molar-refractivity contribution >= 4 is 83.5 Å². The molecule has 0 aliphatic heterocycles. The first-order chi connectivity index (χ1) is 32.8. The van der Waals surface area contributed by atoms with Crippen molar-refractivity contribution in [2.24, 2.45) is 28.1 Å². The highest BCUT2D eigenvalue weighted by atomic mass is 32.1. The summed E-state index contributed by atoms with van der Waals surface area (Å²) in [5, 5.41) is 17.4. The number of nitrogens with two attached hydrogens (primary N) is 3. The van der Waals surface area contributed by atoms with E-state index < -0.39 is 71.7 Å². The first-order valence-electron chi connectivity index (χ1n) is 22.7. The number of primary amides is 1. The molecule has 2 heterocycles. The van der Waals surface area contributed by atoms with E-state index >= 15 is 0 Å². The Morgan fingerprint density at radius 3 is 1.84 bits per heavy atom. The van der Waals surface area contributed by atoms with Gasteiger partial charge >= 0.3 is 0 Å². The zero-order valence-electron chi connectivity index (χ0n) is 37.7. The molecule has 0 saturated heterocycles. The molecule has 0 radical (unpaired) electrons. The maximum absolute atomic E-state index is 14.6. The summed E-state index contributed by atoms with van der Waals surface area (Å²) in [6.45, 7) is 0.0952. The van der Waals surface area contributed by atoms with Gasteiger partial charge in [0.25, 0.3) is 0 Å². The number of aromatic nitrogens is 3. The van der Waals surface area contributed by atoms with Gasteiger partial charge in [-0.15, -0.1) is 0 Å².